The smallest absolute Gasteiger partial charge is 0.129 e. The van der Waals surface area contributed by atoms with Gasteiger partial charge in [-0.2, -0.15) is 0 Å². The standard InChI is InChI=1S/C22H21ClFN3O/c1-22(25)8-10-27(13-22)20-11-14(7-9-26-20)21-16(3-2-4-18(21)23)17-12-15(24)5-6-19(17)28/h2-7,9,11-12,28H,8,10,13,25H2,1H3. The van der Waals surface area contributed by atoms with Gasteiger partial charge in [-0.05, 0) is 60.9 Å². The number of aromatic hydroxyl groups is 1. The summed E-state index contributed by atoms with van der Waals surface area (Å²) in [6.07, 6.45) is 2.63. The highest BCUT2D eigenvalue weighted by Gasteiger charge is 2.30. The van der Waals surface area contributed by atoms with Gasteiger partial charge in [0.05, 0.1) is 0 Å². The predicted molar refractivity (Wildman–Crippen MR) is 111 cm³/mol. The summed E-state index contributed by atoms with van der Waals surface area (Å²) < 4.78 is 13.8. The van der Waals surface area contributed by atoms with Gasteiger partial charge in [0.1, 0.15) is 17.4 Å². The van der Waals surface area contributed by atoms with Crippen molar-refractivity contribution in [3.8, 4) is 28.0 Å². The third kappa shape index (κ3) is 3.55. The average Bonchev–Trinajstić information content (AvgIpc) is 3.03. The Morgan fingerprint density at radius 3 is 2.75 bits per heavy atom. The van der Waals surface area contributed by atoms with Crippen LogP contribution in [0, 0.1) is 5.82 Å². The van der Waals surface area contributed by atoms with E-state index in [1.54, 1.807) is 18.3 Å². The number of pyridine rings is 1. The number of phenolic OH excluding ortho intramolecular Hbond substituents is 1. The van der Waals surface area contributed by atoms with Crippen molar-refractivity contribution >= 4 is 17.4 Å². The van der Waals surface area contributed by atoms with E-state index in [4.69, 9.17) is 17.3 Å². The number of hydrogen-bond donors (Lipinski definition) is 2. The fourth-order valence-corrected chi connectivity index (χ4v) is 3.98. The molecule has 0 aliphatic carbocycles. The highest BCUT2D eigenvalue weighted by Crippen LogP contribution is 2.41. The van der Waals surface area contributed by atoms with Crippen LogP contribution in [0.4, 0.5) is 10.2 Å². The van der Waals surface area contributed by atoms with Crippen molar-refractivity contribution in [3.63, 3.8) is 0 Å². The topological polar surface area (TPSA) is 62.4 Å². The number of aromatic nitrogens is 1. The van der Waals surface area contributed by atoms with E-state index in [2.05, 4.69) is 9.88 Å². The molecule has 6 heteroatoms. The molecule has 144 valence electrons. The predicted octanol–water partition coefficient (Wildman–Crippen LogP) is 4.84. The molecule has 1 aromatic heterocycles. The van der Waals surface area contributed by atoms with Crippen molar-refractivity contribution in [2.75, 3.05) is 18.0 Å². The Balaban J connectivity index is 1.82. The molecule has 1 aliphatic heterocycles. The molecule has 28 heavy (non-hydrogen) atoms. The van der Waals surface area contributed by atoms with Crippen molar-refractivity contribution in [2.24, 2.45) is 5.73 Å². The minimum Gasteiger partial charge on any atom is -0.507 e. The van der Waals surface area contributed by atoms with Crippen molar-refractivity contribution < 1.29 is 9.50 Å². The lowest BCUT2D eigenvalue weighted by molar-refractivity contribution is 0.475. The Bertz CT molecular complexity index is 1040. The normalized spacial score (nSPS) is 19.2. The first-order chi connectivity index (χ1) is 13.3. The maximum Gasteiger partial charge on any atom is 0.129 e. The number of hydrogen-bond acceptors (Lipinski definition) is 4. The van der Waals surface area contributed by atoms with Gasteiger partial charge in [0.25, 0.3) is 0 Å². The highest BCUT2D eigenvalue weighted by atomic mass is 35.5. The van der Waals surface area contributed by atoms with Crippen LogP contribution >= 0.6 is 11.6 Å². The maximum absolute atomic E-state index is 13.8. The van der Waals surface area contributed by atoms with Crippen LogP contribution in [0.25, 0.3) is 22.3 Å². The Labute approximate surface area is 168 Å². The SMILES string of the molecule is CC1(N)CCN(c2cc(-c3c(Cl)cccc3-c3cc(F)ccc3O)ccn2)C1. The third-order valence-electron chi connectivity index (χ3n) is 5.13. The second kappa shape index (κ2) is 7.08. The van der Waals surface area contributed by atoms with Crippen LogP contribution in [0.3, 0.4) is 0 Å². The number of anilines is 1. The largest absolute Gasteiger partial charge is 0.507 e. The van der Waals surface area contributed by atoms with Crippen molar-refractivity contribution in [1.82, 2.24) is 4.98 Å². The van der Waals surface area contributed by atoms with Crippen LogP contribution < -0.4 is 10.6 Å². The molecule has 3 aromatic rings. The number of rotatable bonds is 3. The number of nitrogens with two attached hydrogens (primary N) is 1. The molecule has 0 spiro atoms. The molecule has 1 unspecified atom stereocenters. The molecule has 1 fully saturated rings. The molecule has 0 amide bonds. The molecular weight excluding hydrogens is 377 g/mol. The van der Waals surface area contributed by atoms with E-state index in [0.717, 1.165) is 36.5 Å². The van der Waals surface area contributed by atoms with Crippen LogP contribution in [0.2, 0.25) is 5.02 Å². The Hall–Kier alpha value is -2.63. The Morgan fingerprint density at radius 2 is 2.00 bits per heavy atom. The van der Waals surface area contributed by atoms with Gasteiger partial charge in [0, 0.05) is 41.0 Å². The number of phenols is 1. The van der Waals surface area contributed by atoms with Gasteiger partial charge in [0.15, 0.2) is 0 Å². The van der Waals surface area contributed by atoms with Gasteiger partial charge in [0.2, 0.25) is 0 Å². The summed E-state index contributed by atoms with van der Waals surface area (Å²) in [6, 6.07) is 13.1. The molecule has 2 aromatic carbocycles. The van der Waals surface area contributed by atoms with E-state index in [1.807, 2.05) is 25.1 Å². The number of nitrogens with zero attached hydrogens (tertiary/aromatic N) is 2. The first-order valence-corrected chi connectivity index (χ1v) is 9.49. The van der Waals surface area contributed by atoms with Crippen LogP contribution in [0.5, 0.6) is 5.75 Å². The second-order valence-electron chi connectivity index (χ2n) is 7.55. The van der Waals surface area contributed by atoms with E-state index in [9.17, 15) is 9.50 Å². The van der Waals surface area contributed by atoms with Crippen LogP contribution in [0.1, 0.15) is 13.3 Å². The molecular formula is C22H21ClFN3O. The van der Waals surface area contributed by atoms with Gasteiger partial charge in [-0.1, -0.05) is 23.7 Å². The fraction of sp³-hybridized carbons (Fsp3) is 0.227. The molecule has 3 N–H and O–H groups in total. The van der Waals surface area contributed by atoms with Gasteiger partial charge in [-0.15, -0.1) is 0 Å². The molecule has 4 rings (SSSR count). The van der Waals surface area contributed by atoms with E-state index in [1.165, 1.54) is 18.2 Å². The summed E-state index contributed by atoms with van der Waals surface area (Å²) in [5, 5.41) is 10.8. The van der Waals surface area contributed by atoms with E-state index in [-0.39, 0.29) is 11.3 Å². The van der Waals surface area contributed by atoms with Crippen molar-refractivity contribution in [1.29, 1.82) is 0 Å². The fourth-order valence-electron chi connectivity index (χ4n) is 3.69. The highest BCUT2D eigenvalue weighted by molar-refractivity contribution is 6.34. The lowest BCUT2D eigenvalue weighted by Crippen LogP contribution is -2.39. The Morgan fingerprint density at radius 1 is 1.18 bits per heavy atom. The zero-order chi connectivity index (χ0) is 19.9. The maximum atomic E-state index is 13.8. The molecule has 0 bridgehead atoms. The van der Waals surface area contributed by atoms with Crippen LogP contribution in [-0.2, 0) is 0 Å². The first-order valence-electron chi connectivity index (χ1n) is 9.12. The molecule has 0 radical (unpaired) electrons. The summed E-state index contributed by atoms with van der Waals surface area (Å²) in [4.78, 5) is 6.65. The molecule has 1 atom stereocenters. The monoisotopic (exact) mass is 397 g/mol. The minimum absolute atomic E-state index is 0.00219. The second-order valence-corrected chi connectivity index (χ2v) is 7.96. The zero-order valence-corrected chi connectivity index (χ0v) is 16.2. The first kappa shape index (κ1) is 18.7. The Kier molecular flexibility index (Phi) is 4.73. The average molecular weight is 398 g/mol. The number of benzene rings is 2. The summed E-state index contributed by atoms with van der Waals surface area (Å²) in [6.45, 7) is 3.60. The van der Waals surface area contributed by atoms with Gasteiger partial charge in [-0.3, -0.25) is 0 Å². The van der Waals surface area contributed by atoms with E-state index >= 15 is 0 Å². The van der Waals surface area contributed by atoms with Gasteiger partial charge in [-0.25, -0.2) is 9.37 Å². The summed E-state index contributed by atoms with van der Waals surface area (Å²) in [5.41, 5.74) is 8.65. The van der Waals surface area contributed by atoms with Crippen LogP contribution in [0.15, 0.2) is 54.7 Å². The minimum atomic E-state index is -0.423. The van der Waals surface area contributed by atoms with Crippen molar-refractivity contribution in [3.05, 3.63) is 65.6 Å². The van der Waals surface area contributed by atoms with Gasteiger partial charge >= 0.3 is 0 Å². The lowest BCUT2D eigenvalue weighted by Gasteiger charge is -2.21. The molecule has 4 nitrogen and oxygen atoms in total. The van der Waals surface area contributed by atoms with Crippen LogP contribution in [-0.4, -0.2) is 28.7 Å². The third-order valence-corrected chi connectivity index (χ3v) is 5.44. The molecule has 1 aliphatic rings. The van der Waals surface area contributed by atoms with E-state index < -0.39 is 5.82 Å². The number of halogens is 2. The van der Waals surface area contributed by atoms with Crippen molar-refractivity contribution in [2.45, 2.75) is 18.9 Å². The lowest BCUT2D eigenvalue weighted by atomic mass is 9.94. The molecule has 2 heterocycles. The molecule has 0 saturated carbocycles. The van der Waals surface area contributed by atoms with Gasteiger partial charge < -0.3 is 15.7 Å². The quantitative estimate of drug-likeness (QED) is 0.663. The summed E-state index contributed by atoms with van der Waals surface area (Å²) >= 11 is 6.53. The zero-order valence-electron chi connectivity index (χ0n) is 15.5. The molecule has 1 saturated heterocycles. The summed E-state index contributed by atoms with van der Waals surface area (Å²) in [5.74, 6) is 0.395. The summed E-state index contributed by atoms with van der Waals surface area (Å²) in [7, 11) is 0. The van der Waals surface area contributed by atoms with E-state index in [0.29, 0.717) is 16.1 Å².